The van der Waals surface area contributed by atoms with E-state index in [1.54, 1.807) is 0 Å². The molecule has 0 spiro atoms. The van der Waals surface area contributed by atoms with Gasteiger partial charge in [0.05, 0.1) is 6.54 Å². The molecule has 2 aromatic carbocycles. The normalized spacial score (nSPS) is 9.95. The fourth-order valence-electron chi connectivity index (χ4n) is 1.72. The van der Waals surface area contributed by atoms with Gasteiger partial charge in [0.2, 0.25) is 0 Å². The van der Waals surface area contributed by atoms with Crippen molar-refractivity contribution in [2.24, 2.45) is 16.5 Å². The van der Waals surface area contributed by atoms with E-state index in [9.17, 15) is 0 Å². The number of hydrogen-bond donors (Lipinski definition) is 2. The van der Waals surface area contributed by atoms with Crippen LogP contribution in [-0.4, -0.2) is 5.96 Å². The van der Waals surface area contributed by atoms with Crippen molar-refractivity contribution in [2.45, 2.75) is 13.5 Å². The molecule has 0 aliphatic heterocycles. The maximum Gasteiger partial charge on any atom is 0.186 e. The van der Waals surface area contributed by atoms with Crippen molar-refractivity contribution < 1.29 is 4.74 Å². The molecule has 0 radical (unpaired) electrons. The van der Waals surface area contributed by atoms with E-state index in [4.69, 9.17) is 16.2 Å². The van der Waals surface area contributed by atoms with Gasteiger partial charge in [-0.05, 0) is 30.7 Å². The van der Waals surface area contributed by atoms with Crippen molar-refractivity contribution in [1.82, 2.24) is 0 Å². The molecule has 0 bridgehead atoms. The zero-order valence-electron chi connectivity index (χ0n) is 10.8. The minimum absolute atomic E-state index is 0.0744. The second-order valence-electron chi connectivity index (χ2n) is 4.27. The molecule has 4 N–H and O–H groups in total. The third kappa shape index (κ3) is 3.74. The second kappa shape index (κ2) is 5.91. The van der Waals surface area contributed by atoms with Crippen molar-refractivity contribution in [2.75, 3.05) is 0 Å². The van der Waals surface area contributed by atoms with Crippen LogP contribution in [0.25, 0.3) is 0 Å². The van der Waals surface area contributed by atoms with Gasteiger partial charge in [0.1, 0.15) is 11.5 Å². The SMILES string of the molecule is Cc1cccc(Oc2ccccc2CN=C(N)N)c1. The van der Waals surface area contributed by atoms with Crippen LogP contribution in [0.2, 0.25) is 0 Å². The number of para-hydroxylation sites is 1. The highest BCUT2D eigenvalue weighted by molar-refractivity contribution is 5.75. The zero-order valence-corrected chi connectivity index (χ0v) is 10.8. The molecule has 0 heterocycles. The Bertz CT molecular complexity index is 589. The van der Waals surface area contributed by atoms with E-state index in [1.165, 1.54) is 0 Å². The Balaban J connectivity index is 2.22. The number of benzene rings is 2. The summed E-state index contributed by atoms with van der Waals surface area (Å²) in [6.45, 7) is 2.43. The molecule has 0 saturated heterocycles. The van der Waals surface area contributed by atoms with E-state index in [0.29, 0.717) is 6.54 Å². The van der Waals surface area contributed by atoms with Crippen LogP contribution in [0, 0.1) is 6.92 Å². The highest BCUT2D eigenvalue weighted by Gasteiger charge is 2.04. The molecule has 4 heteroatoms. The van der Waals surface area contributed by atoms with Gasteiger partial charge in [-0.15, -0.1) is 0 Å². The van der Waals surface area contributed by atoms with Crippen molar-refractivity contribution in [1.29, 1.82) is 0 Å². The third-order valence-corrected chi connectivity index (χ3v) is 2.62. The molecular weight excluding hydrogens is 238 g/mol. The summed E-state index contributed by atoms with van der Waals surface area (Å²) in [5, 5.41) is 0. The number of aryl methyl sites for hydroxylation is 1. The molecule has 0 fully saturated rings. The first kappa shape index (κ1) is 13.0. The quantitative estimate of drug-likeness (QED) is 0.651. The van der Waals surface area contributed by atoms with Crippen molar-refractivity contribution in [3.8, 4) is 11.5 Å². The van der Waals surface area contributed by atoms with Crippen LogP contribution in [0.4, 0.5) is 0 Å². The predicted octanol–water partition coefficient (Wildman–Crippen LogP) is 2.56. The minimum Gasteiger partial charge on any atom is -0.457 e. The number of nitrogens with zero attached hydrogens (tertiary/aromatic N) is 1. The molecule has 0 amide bonds. The molecule has 0 aliphatic rings. The summed E-state index contributed by atoms with van der Waals surface area (Å²) in [7, 11) is 0. The minimum atomic E-state index is 0.0744. The molecule has 0 atom stereocenters. The lowest BCUT2D eigenvalue weighted by Gasteiger charge is -2.10. The Morgan fingerprint density at radius 3 is 2.63 bits per heavy atom. The van der Waals surface area contributed by atoms with Crippen LogP contribution in [0.1, 0.15) is 11.1 Å². The molecule has 2 rings (SSSR count). The molecule has 2 aromatic rings. The van der Waals surface area contributed by atoms with E-state index < -0.39 is 0 Å². The number of rotatable bonds is 4. The number of ether oxygens (including phenoxy) is 1. The number of aliphatic imine (C=N–C) groups is 1. The summed E-state index contributed by atoms with van der Waals surface area (Å²) in [6.07, 6.45) is 0. The lowest BCUT2D eigenvalue weighted by atomic mass is 10.2. The standard InChI is InChI=1S/C15H17N3O/c1-11-5-4-7-13(9-11)19-14-8-3-2-6-12(14)10-18-15(16)17/h2-9H,10H2,1H3,(H4,16,17,18). The predicted molar refractivity (Wildman–Crippen MR) is 77.2 cm³/mol. The van der Waals surface area contributed by atoms with Crippen molar-refractivity contribution in [3.63, 3.8) is 0 Å². The van der Waals surface area contributed by atoms with Crippen molar-refractivity contribution >= 4 is 5.96 Å². The highest BCUT2D eigenvalue weighted by Crippen LogP contribution is 2.26. The Morgan fingerprint density at radius 2 is 1.89 bits per heavy atom. The van der Waals surface area contributed by atoms with Crippen LogP contribution in [-0.2, 0) is 6.54 Å². The van der Waals surface area contributed by atoms with Gasteiger partial charge in [-0.1, -0.05) is 30.3 Å². The first-order valence-electron chi connectivity index (χ1n) is 6.03. The van der Waals surface area contributed by atoms with Crippen LogP contribution in [0.15, 0.2) is 53.5 Å². The van der Waals surface area contributed by atoms with Gasteiger partial charge in [-0.25, -0.2) is 4.99 Å². The lowest BCUT2D eigenvalue weighted by molar-refractivity contribution is 0.476. The van der Waals surface area contributed by atoms with Crippen LogP contribution in [0.3, 0.4) is 0 Å². The molecule has 4 nitrogen and oxygen atoms in total. The van der Waals surface area contributed by atoms with E-state index in [1.807, 2.05) is 55.5 Å². The largest absolute Gasteiger partial charge is 0.457 e. The monoisotopic (exact) mass is 255 g/mol. The van der Waals surface area contributed by atoms with E-state index in [-0.39, 0.29) is 5.96 Å². The van der Waals surface area contributed by atoms with Crippen molar-refractivity contribution in [3.05, 3.63) is 59.7 Å². The molecular formula is C15H17N3O. The molecule has 19 heavy (non-hydrogen) atoms. The summed E-state index contributed by atoms with van der Waals surface area (Å²) < 4.78 is 5.87. The highest BCUT2D eigenvalue weighted by atomic mass is 16.5. The fourth-order valence-corrected chi connectivity index (χ4v) is 1.72. The molecule has 0 aliphatic carbocycles. The van der Waals surface area contributed by atoms with Gasteiger partial charge < -0.3 is 16.2 Å². The number of guanidine groups is 1. The maximum atomic E-state index is 5.87. The van der Waals surface area contributed by atoms with E-state index in [0.717, 1.165) is 22.6 Å². The van der Waals surface area contributed by atoms with Gasteiger partial charge in [0.15, 0.2) is 5.96 Å². The Hall–Kier alpha value is -2.49. The van der Waals surface area contributed by atoms with E-state index >= 15 is 0 Å². The summed E-state index contributed by atoms with van der Waals surface area (Å²) >= 11 is 0. The smallest absolute Gasteiger partial charge is 0.186 e. The average molecular weight is 255 g/mol. The van der Waals surface area contributed by atoms with Crippen LogP contribution in [0.5, 0.6) is 11.5 Å². The van der Waals surface area contributed by atoms with Gasteiger partial charge in [0.25, 0.3) is 0 Å². The first-order valence-corrected chi connectivity index (χ1v) is 6.03. The molecule has 98 valence electrons. The summed E-state index contributed by atoms with van der Waals surface area (Å²) in [5.74, 6) is 1.64. The number of nitrogens with two attached hydrogens (primary N) is 2. The van der Waals surface area contributed by atoms with Crippen LogP contribution < -0.4 is 16.2 Å². The van der Waals surface area contributed by atoms with Gasteiger partial charge in [-0.2, -0.15) is 0 Å². The molecule has 0 aromatic heterocycles. The Kier molecular flexibility index (Phi) is 4.03. The lowest BCUT2D eigenvalue weighted by Crippen LogP contribution is -2.22. The maximum absolute atomic E-state index is 5.87. The summed E-state index contributed by atoms with van der Waals surface area (Å²) in [6, 6.07) is 15.6. The van der Waals surface area contributed by atoms with Gasteiger partial charge in [-0.3, -0.25) is 0 Å². The third-order valence-electron chi connectivity index (χ3n) is 2.62. The topological polar surface area (TPSA) is 73.6 Å². The van der Waals surface area contributed by atoms with E-state index in [2.05, 4.69) is 4.99 Å². The number of hydrogen-bond acceptors (Lipinski definition) is 2. The average Bonchev–Trinajstić information content (AvgIpc) is 2.38. The second-order valence-corrected chi connectivity index (χ2v) is 4.27. The molecule has 0 saturated carbocycles. The Morgan fingerprint density at radius 1 is 1.11 bits per heavy atom. The molecule has 0 unspecified atom stereocenters. The Labute approximate surface area is 112 Å². The summed E-state index contributed by atoms with van der Waals surface area (Å²) in [4.78, 5) is 4.01. The first-order chi connectivity index (χ1) is 9.15. The summed E-state index contributed by atoms with van der Waals surface area (Å²) in [5.41, 5.74) is 12.8. The van der Waals surface area contributed by atoms with Crippen LogP contribution >= 0.6 is 0 Å². The fraction of sp³-hybridized carbons (Fsp3) is 0.133. The van der Waals surface area contributed by atoms with Gasteiger partial charge in [0, 0.05) is 5.56 Å². The zero-order chi connectivity index (χ0) is 13.7. The van der Waals surface area contributed by atoms with Gasteiger partial charge >= 0.3 is 0 Å².